The highest BCUT2D eigenvalue weighted by Crippen LogP contribution is 2.22. The Hall–Kier alpha value is -2.67. The van der Waals surface area contributed by atoms with Crippen LogP contribution in [0.1, 0.15) is 47.4 Å². The van der Waals surface area contributed by atoms with Crippen molar-refractivity contribution in [2.45, 2.75) is 36.8 Å². The van der Waals surface area contributed by atoms with E-state index >= 15 is 0 Å². The predicted molar refractivity (Wildman–Crippen MR) is 108 cm³/mol. The second-order valence-corrected chi connectivity index (χ2v) is 9.59. The van der Waals surface area contributed by atoms with Crippen molar-refractivity contribution in [1.29, 1.82) is 0 Å². The number of nitrogens with one attached hydrogen (secondary N) is 1. The van der Waals surface area contributed by atoms with E-state index in [1.165, 1.54) is 12.1 Å². The Morgan fingerprint density at radius 2 is 1.57 bits per heavy atom. The average Bonchev–Trinajstić information content (AvgIpc) is 3.22. The standard InChI is InChI=1S/C21H24N2O4S/c1-15(2)28(26,27)19-8-4-3-7-18(19)20(24)22-17-11-9-16(10-12-17)21(25)23-13-5-6-14-23/h3-4,7-12,15H,5-6,13-14H2,1-2H3,(H,22,24). The van der Waals surface area contributed by atoms with E-state index in [1.54, 1.807) is 50.2 Å². The molecule has 0 saturated carbocycles. The van der Waals surface area contributed by atoms with Crippen LogP contribution in [-0.4, -0.2) is 43.5 Å². The lowest BCUT2D eigenvalue weighted by atomic mass is 10.1. The van der Waals surface area contributed by atoms with Crippen LogP contribution in [0.15, 0.2) is 53.4 Å². The summed E-state index contributed by atoms with van der Waals surface area (Å²) in [5, 5.41) is 2.09. The second-order valence-electron chi connectivity index (χ2n) is 7.12. The third kappa shape index (κ3) is 4.09. The quantitative estimate of drug-likeness (QED) is 0.834. The van der Waals surface area contributed by atoms with Crippen LogP contribution in [0.4, 0.5) is 5.69 Å². The molecule has 2 aromatic rings. The number of hydrogen-bond acceptors (Lipinski definition) is 4. The molecule has 3 rings (SSSR count). The molecule has 1 saturated heterocycles. The highest BCUT2D eigenvalue weighted by Gasteiger charge is 2.25. The molecule has 1 aliphatic heterocycles. The lowest BCUT2D eigenvalue weighted by Crippen LogP contribution is -2.27. The molecule has 7 heteroatoms. The van der Waals surface area contributed by atoms with Gasteiger partial charge in [-0.2, -0.15) is 0 Å². The summed E-state index contributed by atoms with van der Waals surface area (Å²) in [6.45, 7) is 4.72. The maximum Gasteiger partial charge on any atom is 0.256 e. The highest BCUT2D eigenvalue weighted by atomic mass is 32.2. The van der Waals surface area contributed by atoms with Crippen molar-refractivity contribution in [3.63, 3.8) is 0 Å². The van der Waals surface area contributed by atoms with Crippen LogP contribution < -0.4 is 5.32 Å². The minimum atomic E-state index is -3.58. The molecule has 0 spiro atoms. The highest BCUT2D eigenvalue weighted by molar-refractivity contribution is 7.92. The molecule has 148 valence electrons. The molecule has 1 N–H and O–H groups in total. The van der Waals surface area contributed by atoms with Crippen molar-refractivity contribution in [3.05, 3.63) is 59.7 Å². The van der Waals surface area contributed by atoms with E-state index in [9.17, 15) is 18.0 Å². The van der Waals surface area contributed by atoms with Gasteiger partial charge in [0.15, 0.2) is 9.84 Å². The first-order valence-corrected chi connectivity index (χ1v) is 10.9. The summed E-state index contributed by atoms with van der Waals surface area (Å²) in [7, 11) is -3.58. The zero-order valence-corrected chi connectivity index (χ0v) is 16.8. The summed E-state index contributed by atoms with van der Waals surface area (Å²) in [5.74, 6) is -0.512. The Kier molecular flexibility index (Phi) is 5.84. The summed E-state index contributed by atoms with van der Waals surface area (Å²) in [5.41, 5.74) is 1.18. The summed E-state index contributed by atoms with van der Waals surface area (Å²) in [4.78, 5) is 26.9. The number of nitrogens with zero attached hydrogens (tertiary/aromatic N) is 1. The molecule has 2 aromatic carbocycles. The number of amides is 2. The number of benzene rings is 2. The van der Waals surface area contributed by atoms with Gasteiger partial charge in [0.25, 0.3) is 11.8 Å². The van der Waals surface area contributed by atoms with Crippen molar-refractivity contribution in [2.75, 3.05) is 18.4 Å². The molecule has 0 atom stereocenters. The Morgan fingerprint density at radius 3 is 2.18 bits per heavy atom. The minimum absolute atomic E-state index is 0.0104. The zero-order valence-electron chi connectivity index (χ0n) is 16.0. The molecule has 0 unspecified atom stereocenters. The van der Waals surface area contributed by atoms with Crippen molar-refractivity contribution in [1.82, 2.24) is 4.90 Å². The van der Waals surface area contributed by atoms with Gasteiger partial charge < -0.3 is 10.2 Å². The monoisotopic (exact) mass is 400 g/mol. The Morgan fingerprint density at radius 1 is 0.964 bits per heavy atom. The zero-order chi connectivity index (χ0) is 20.3. The fourth-order valence-corrected chi connectivity index (χ4v) is 4.40. The normalized spacial score (nSPS) is 14.3. The molecule has 2 amide bonds. The summed E-state index contributed by atoms with van der Waals surface area (Å²) >= 11 is 0. The van der Waals surface area contributed by atoms with Crippen molar-refractivity contribution < 1.29 is 18.0 Å². The van der Waals surface area contributed by atoms with Gasteiger partial charge in [0, 0.05) is 24.3 Å². The van der Waals surface area contributed by atoms with Gasteiger partial charge >= 0.3 is 0 Å². The summed E-state index contributed by atoms with van der Waals surface area (Å²) in [6.07, 6.45) is 2.05. The number of hydrogen-bond donors (Lipinski definition) is 1. The smallest absolute Gasteiger partial charge is 0.256 e. The van der Waals surface area contributed by atoms with E-state index in [2.05, 4.69) is 5.32 Å². The van der Waals surface area contributed by atoms with Crippen LogP contribution in [0, 0.1) is 0 Å². The topological polar surface area (TPSA) is 83.5 Å². The van der Waals surface area contributed by atoms with Crippen LogP contribution in [0.3, 0.4) is 0 Å². The predicted octanol–water partition coefficient (Wildman–Crippen LogP) is 3.36. The Labute approximate surface area is 165 Å². The molecular weight excluding hydrogens is 376 g/mol. The van der Waals surface area contributed by atoms with E-state index < -0.39 is 21.0 Å². The summed E-state index contributed by atoms with van der Waals surface area (Å²) in [6, 6.07) is 12.8. The molecule has 0 aromatic heterocycles. The second kappa shape index (κ2) is 8.14. The first kappa shape index (κ1) is 20.1. The molecule has 1 heterocycles. The van der Waals surface area contributed by atoms with Gasteiger partial charge in [0.05, 0.1) is 15.7 Å². The van der Waals surface area contributed by atoms with Gasteiger partial charge in [-0.3, -0.25) is 9.59 Å². The lowest BCUT2D eigenvalue weighted by molar-refractivity contribution is 0.0792. The van der Waals surface area contributed by atoms with Gasteiger partial charge in [-0.25, -0.2) is 8.42 Å². The number of rotatable bonds is 5. The molecule has 1 aliphatic rings. The first-order chi connectivity index (χ1) is 13.3. The van der Waals surface area contributed by atoms with Gasteiger partial charge in [0.2, 0.25) is 0 Å². The molecule has 0 aliphatic carbocycles. The number of likely N-dealkylation sites (tertiary alicyclic amines) is 1. The number of carbonyl (C=O) groups excluding carboxylic acids is 2. The molecule has 6 nitrogen and oxygen atoms in total. The van der Waals surface area contributed by atoms with Gasteiger partial charge in [0.1, 0.15) is 0 Å². The van der Waals surface area contributed by atoms with E-state index in [1.807, 2.05) is 4.90 Å². The number of anilines is 1. The minimum Gasteiger partial charge on any atom is -0.339 e. The maximum absolute atomic E-state index is 12.7. The fourth-order valence-electron chi connectivity index (χ4n) is 3.15. The molecule has 0 bridgehead atoms. The Balaban J connectivity index is 1.78. The molecular formula is C21H24N2O4S. The van der Waals surface area contributed by atoms with Gasteiger partial charge in [-0.05, 0) is 63.1 Å². The number of carbonyl (C=O) groups is 2. The van der Waals surface area contributed by atoms with Crippen LogP contribution in [0.5, 0.6) is 0 Å². The Bertz CT molecular complexity index is 976. The van der Waals surface area contributed by atoms with Crippen LogP contribution in [0.25, 0.3) is 0 Å². The van der Waals surface area contributed by atoms with Crippen molar-refractivity contribution >= 4 is 27.3 Å². The van der Waals surface area contributed by atoms with E-state index in [0.29, 0.717) is 11.3 Å². The van der Waals surface area contributed by atoms with Crippen LogP contribution in [-0.2, 0) is 9.84 Å². The van der Waals surface area contributed by atoms with Crippen molar-refractivity contribution in [3.8, 4) is 0 Å². The maximum atomic E-state index is 12.7. The SMILES string of the molecule is CC(C)S(=O)(=O)c1ccccc1C(=O)Nc1ccc(C(=O)N2CCCC2)cc1. The molecule has 28 heavy (non-hydrogen) atoms. The van der Waals surface area contributed by atoms with E-state index in [4.69, 9.17) is 0 Å². The van der Waals surface area contributed by atoms with Crippen LogP contribution in [0.2, 0.25) is 0 Å². The van der Waals surface area contributed by atoms with Crippen molar-refractivity contribution in [2.24, 2.45) is 0 Å². The van der Waals surface area contributed by atoms with Gasteiger partial charge in [-0.15, -0.1) is 0 Å². The van der Waals surface area contributed by atoms with E-state index in [0.717, 1.165) is 25.9 Å². The fraction of sp³-hybridized carbons (Fsp3) is 0.333. The van der Waals surface area contributed by atoms with E-state index in [-0.39, 0.29) is 16.4 Å². The summed E-state index contributed by atoms with van der Waals surface area (Å²) < 4.78 is 25.1. The third-order valence-corrected chi connectivity index (χ3v) is 7.05. The number of sulfone groups is 1. The molecule has 0 radical (unpaired) electrons. The largest absolute Gasteiger partial charge is 0.339 e. The average molecular weight is 401 g/mol. The third-order valence-electron chi connectivity index (χ3n) is 4.84. The lowest BCUT2D eigenvalue weighted by Gasteiger charge is -2.15. The molecule has 1 fully saturated rings. The van der Waals surface area contributed by atoms with Crippen LogP contribution >= 0.6 is 0 Å². The first-order valence-electron chi connectivity index (χ1n) is 9.34. The van der Waals surface area contributed by atoms with Gasteiger partial charge in [-0.1, -0.05) is 12.1 Å².